The Morgan fingerprint density at radius 1 is 0.932 bits per heavy atom. The van der Waals surface area contributed by atoms with Gasteiger partial charge >= 0.3 is 5.97 Å². The summed E-state index contributed by atoms with van der Waals surface area (Å²) in [5.41, 5.74) is 1.37. The van der Waals surface area contributed by atoms with Crippen molar-refractivity contribution in [2.45, 2.75) is 117 Å². The SMILES string of the molecule is C/C(=C\[C@H](C(C)C)N(C)C(=O)[C@@H](NC(=O)C1CCCCN1C(C)C)C(C)C)C(=O)N1CCC[C@H]1C(=O)OCc1ccccc1. The second-order valence-corrected chi connectivity index (χ2v) is 13.4. The molecule has 0 bridgehead atoms. The van der Waals surface area contributed by atoms with Crippen molar-refractivity contribution in [1.29, 1.82) is 0 Å². The monoisotopic (exact) mass is 610 g/mol. The van der Waals surface area contributed by atoms with Gasteiger partial charge in [0.1, 0.15) is 18.7 Å². The Kier molecular flexibility index (Phi) is 13.0. The first-order chi connectivity index (χ1) is 20.8. The van der Waals surface area contributed by atoms with E-state index in [0.717, 1.165) is 37.8 Å². The van der Waals surface area contributed by atoms with Crippen LogP contribution in [0.2, 0.25) is 0 Å². The first-order valence-electron chi connectivity index (χ1n) is 16.4. The first kappa shape index (κ1) is 35.3. The molecule has 2 saturated heterocycles. The minimum Gasteiger partial charge on any atom is -0.459 e. The summed E-state index contributed by atoms with van der Waals surface area (Å²) in [5.74, 6) is -1.01. The number of piperidine rings is 1. The van der Waals surface area contributed by atoms with Gasteiger partial charge in [-0.1, -0.05) is 70.5 Å². The number of carbonyl (C=O) groups excluding carboxylic acids is 4. The van der Waals surface area contributed by atoms with Crippen LogP contribution in [-0.2, 0) is 30.5 Å². The lowest BCUT2D eigenvalue weighted by Crippen LogP contribution is -2.58. The lowest BCUT2D eigenvalue weighted by Gasteiger charge is -2.39. The van der Waals surface area contributed by atoms with Gasteiger partial charge in [-0.3, -0.25) is 19.3 Å². The van der Waals surface area contributed by atoms with Crippen molar-refractivity contribution in [2.24, 2.45) is 11.8 Å². The van der Waals surface area contributed by atoms with Gasteiger partial charge in [0.05, 0.1) is 12.1 Å². The fraction of sp³-hybridized carbons (Fsp3) is 0.657. The maximum Gasteiger partial charge on any atom is 0.329 e. The number of rotatable bonds is 12. The predicted octanol–water partition coefficient (Wildman–Crippen LogP) is 4.55. The Hall–Kier alpha value is -3.20. The maximum atomic E-state index is 13.9. The highest BCUT2D eigenvalue weighted by Gasteiger charge is 2.38. The van der Waals surface area contributed by atoms with Gasteiger partial charge in [-0.05, 0) is 70.4 Å². The molecule has 2 aliphatic rings. The Bertz CT molecular complexity index is 1160. The molecule has 44 heavy (non-hydrogen) atoms. The largest absolute Gasteiger partial charge is 0.459 e. The van der Waals surface area contributed by atoms with Crippen LogP contribution >= 0.6 is 0 Å². The molecule has 0 radical (unpaired) electrons. The molecule has 0 aromatic heterocycles. The number of amides is 3. The van der Waals surface area contributed by atoms with E-state index in [-0.39, 0.29) is 54.3 Å². The van der Waals surface area contributed by atoms with Crippen molar-refractivity contribution >= 4 is 23.7 Å². The molecule has 0 aliphatic carbocycles. The molecule has 9 nitrogen and oxygen atoms in total. The van der Waals surface area contributed by atoms with Gasteiger partial charge in [-0.2, -0.15) is 0 Å². The van der Waals surface area contributed by atoms with E-state index in [9.17, 15) is 19.2 Å². The fourth-order valence-electron chi connectivity index (χ4n) is 6.37. The van der Waals surface area contributed by atoms with Gasteiger partial charge in [0, 0.05) is 25.2 Å². The quantitative estimate of drug-likeness (QED) is 0.275. The molecule has 3 rings (SSSR count). The number of esters is 1. The van der Waals surface area contributed by atoms with Crippen LogP contribution in [0.15, 0.2) is 42.0 Å². The molecule has 2 fully saturated rings. The highest BCUT2D eigenvalue weighted by atomic mass is 16.5. The van der Waals surface area contributed by atoms with Crippen LogP contribution in [-0.4, -0.2) is 88.7 Å². The molecular weight excluding hydrogens is 556 g/mol. The predicted molar refractivity (Wildman–Crippen MR) is 172 cm³/mol. The number of hydrogen-bond acceptors (Lipinski definition) is 6. The van der Waals surface area contributed by atoms with Crippen molar-refractivity contribution in [1.82, 2.24) is 20.0 Å². The van der Waals surface area contributed by atoms with Crippen LogP contribution in [0, 0.1) is 11.8 Å². The zero-order valence-electron chi connectivity index (χ0n) is 28.0. The van der Waals surface area contributed by atoms with E-state index < -0.39 is 18.1 Å². The van der Waals surface area contributed by atoms with Crippen molar-refractivity contribution in [3.63, 3.8) is 0 Å². The fourth-order valence-corrected chi connectivity index (χ4v) is 6.37. The molecule has 2 heterocycles. The number of ether oxygens (including phenoxy) is 1. The van der Waals surface area contributed by atoms with Gasteiger partial charge in [-0.25, -0.2) is 4.79 Å². The van der Waals surface area contributed by atoms with Gasteiger partial charge in [-0.15, -0.1) is 0 Å². The summed E-state index contributed by atoms with van der Waals surface area (Å²) in [6, 6.07) is 7.81. The van der Waals surface area contributed by atoms with Crippen LogP contribution in [0.1, 0.15) is 86.1 Å². The van der Waals surface area contributed by atoms with Gasteiger partial charge in [0.25, 0.3) is 0 Å². The van der Waals surface area contributed by atoms with Gasteiger partial charge in [0.2, 0.25) is 17.7 Å². The summed E-state index contributed by atoms with van der Waals surface area (Å²) in [4.78, 5) is 59.4. The molecule has 1 unspecified atom stereocenters. The highest BCUT2D eigenvalue weighted by Crippen LogP contribution is 2.24. The van der Waals surface area contributed by atoms with Crippen LogP contribution in [0.5, 0.6) is 0 Å². The summed E-state index contributed by atoms with van der Waals surface area (Å²) < 4.78 is 5.56. The number of carbonyl (C=O) groups is 4. The normalized spacial score (nSPS) is 21.0. The van der Waals surface area contributed by atoms with E-state index in [0.29, 0.717) is 18.5 Å². The number of likely N-dealkylation sites (N-methyl/N-ethyl adjacent to an activating group) is 1. The average molecular weight is 611 g/mol. The van der Waals surface area contributed by atoms with Gasteiger partial charge in [0.15, 0.2) is 0 Å². The first-order valence-corrected chi connectivity index (χ1v) is 16.4. The lowest BCUT2D eigenvalue weighted by molar-refractivity contribution is -0.153. The van der Waals surface area contributed by atoms with E-state index in [2.05, 4.69) is 24.1 Å². The Balaban J connectivity index is 1.71. The number of benzene rings is 1. The van der Waals surface area contributed by atoms with E-state index >= 15 is 0 Å². The number of nitrogens with one attached hydrogen (secondary N) is 1. The topological polar surface area (TPSA) is 99.3 Å². The minimum absolute atomic E-state index is 0.00945. The molecule has 0 saturated carbocycles. The van der Waals surface area contributed by atoms with E-state index in [1.54, 1.807) is 23.8 Å². The molecular formula is C35H54N4O5. The summed E-state index contributed by atoms with van der Waals surface area (Å²) in [6.45, 7) is 15.4. The van der Waals surface area contributed by atoms with Gasteiger partial charge < -0.3 is 19.9 Å². The summed E-state index contributed by atoms with van der Waals surface area (Å²) in [6.07, 6.45) is 5.97. The van der Waals surface area contributed by atoms with Crippen LogP contribution in [0.3, 0.4) is 0 Å². The summed E-state index contributed by atoms with van der Waals surface area (Å²) in [5, 5.41) is 3.09. The Morgan fingerprint density at radius 2 is 1.59 bits per heavy atom. The zero-order valence-corrected chi connectivity index (χ0v) is 28.0. The molecule has 3 amide bonds. The maximum absolute atomic E-state index is 13.9. The lowest BCUT2D eigenvalue weighted by atomic mass is 9.95. The van der Waals surface area contributed by atoms with Crippen molar-refractivity contribution in [3.8, 4) is 0 Å². The molecule has 0 spiro atoms. The van der Waals surface area contributed by atoms with Crippen molar-refractivity contribution in [3.05, 3.63) is 47.5 Å². The standard InChI is InChI=1S/C35H54N4O5/c1-23(2)30(37(8)34(42)31(24(3)4)36-32(40)28-17-12-13-19-38(28)25(5)6)21-26(7)33(41)39-20-14-18-29(39)35(43)44-22-27-15-10-9-11-16-27/h9-11,15-16,21,23-25,28-31H,12-14,17-20,22H2,1-8H3,(H,36,40)/b26-21+/t28?,29-,30+,31-/m0/s1. The zero-order chi connectivity index (χ0) is 32.6. The van der Waals surface area contributed by atoms with Crippen LogP contribution < -0.4 is 5.32 Å². The summed E-state index contributed by atoms with van der Waals surface area (Å²) in [7, 11) is 1.74. The second-order valence-electron chi connectivity index (χ2n) is 13.4. The molecule has 9 heteroatoms. The smallest absolute Gasteiger partial charge is 0.329 e. The molecule has 2 aliphatic heterocycles. The van der Waals surface area contributed by atoms with Crippen LogP contribution in [0.4, 0.5) is 0 Å². The molecule has 1 aromatic carbocycles. The third-order valence-electron chi connectivity index (χ3n) is 8.99. The second kappa shape index (κ2) is 16.2. The van der Waals surface area contributed by atoms with E-state index in [1.165, 1.54) is 0 Å². The number of nitrogens with zero attached hydrogens (tertiary/aromatic N) is 3. The molecule has 4 atom stereocenters. The third kappa shape index (κ3) is 8.93. The summed E-state index contributed by atoms with van der Waals surface area (Å²) >= 11 is 0. The molecule has 244 valence electrons. The van der Waals surface area contributed by atoms with Crippen molar-refractivity contribution in [2.75, 3.05) is 20.1 Å². The van der Waals surface area contributed by atoms with Crippen LogP contribution in [0.25, 0.3) is 0 Å². The number of hydrogen-bond donors (Lipinski definition) is 1. The molecule has 1 N–H and O–H groups in total. The average Bonchev–Trinajstić information content (AvgIpc) is 3.50. The Morgan fingerprint density at radius 3 is 2.20 bits per heavy atom. The molecule has 1 aromatic rings. The van der Waals surface area contributed by atoms with E-state index in [1.807, 2.05) is 64.1 Å². The number of likely N-dealkylation sites (tertiary alicyclic amines) is 2. The highest BCUT2D eigenvalue weighted by molar-refractivity contribution is 5.96. The Labute approximate surface area is 264 Å². The minimum atomic E-state index is -0.684. The van der Waals surface area contributed by atoms with E-state index in [4.69, 9.17) is 4.74 Å². The van der Waals surface area contributed by atoms with Crippen molar-refractivity contribution < 1.29 is 23.9 Å². The third-order valence-corrected chi connectivity index (χ3v) is 8.99.